The van der Waals surface area contributed by atoms with Crippen LogP contribution in [0.1, 0.15) is 29.2 Å². The van der Waals surface area contributed by atoms with Crippen LogP contribution in [0.3, 0.4) is 0 Å². The molecule has 0 heterocycles. The molecule has 13 nitrogen and oxygen atoms in total. The summed E-state index contributed by atoms with van der Waals surface area (Å²) in [5, 5.41) is 24.5. The Morgan fingerprint density at radius 2 is 1.49 bits per heavy atom. The van der Waals surface area contributed by atoms with Crippen molar-refractivity contribution in [3.63, 3.8) is 0 Å². The number of ether oxygens (including phenoxy) is 1. The van der Waals surface area contributed by atoms with Gasteiger partial charge in [-0.25, -0.2) is 0 Å². The molecule has 206 valence electrons. The van der Waals surface area contributed by atoms with Gasteiger partial charge in [-0.15, -0.1) is 0 Å². The average Bonchev–Trinajstić information content (AvgIpc) is 2.89. The van der Waals surface area contributed by atoms with Gasteiger partial charge in [-0.05, 0) is 36.1 Å². The first-order valence-corrected chi connectivity index (χ1v) is 13.5. The van der Waals surface area contributed by atoms with E-state index in [4.69, 9.17) is 14.3 Å². The Labute approximate surface area is 223 Å². The molecule has 0 radical (unpaired) electrons. The highest BCUT2D eigenvalue weighted by molar-refractivity contribution is 7.52. The van der Waals surface area contributed by atoms with E-state index >= 15 is 0 Å². The average molecular weight is 559 g/mol. The van der Waals surface area contributed by atoms with Gasteiger partial charge in [0.05, 0.1) is 23.0 Å². The molecule has 0 aliphatic carbocycles. The molecule has 0 aromatic heterocycles. The molecule has 2 N–H and O–H groups in total. The molecule has 3 rings (SSSR count). The second-order valence-corrected chi connectivity index (χ2v) is 10.0. The Bertz CT molecular complexity index is 1360. The molecule has 0 saturated heterocycles. The molecule has 0 spiro atoms. The first-order chi connectivity index (χ1) is 18.6. The Morgan fingerprint density at radius 1 is 0.923 bits per heavy atom. The largest absolute Gasteiger partial charge is 0.465 e. The summed E-state index contributed by atoms with van der Waals surface area (Å²) < 4.78 is 22.0. The second kappa shape index (κ2) is 13.6. The molecule has 0 aliphatic rings. The van der Waals surface area contributed by atoms with Crippen LogP contribution in [0.15, 0.2) is 66.7 Å². The van der Waals surface area contributed by atoms with Crippen molar-refractivity contribution in [2.45, 2.75) is 19.8 Å². The van der Waals surface area contributed by atoms with E-state index in [9.17, 15) is 34.5 Å². The van der Waals surface area contributed by atoms with E-state index < -0.39 is 29.7 Å². The molecule has 3 aromatic carbocycles. The minimum absolute atomic E-state index is 0.0504. The Morgan fingerprint density at radius 3 is 2.03 bits per heavy atom. The predicted molar refractivity (Wildman–Crippen MR) is 139 cm³/mol. The quantitative estimate of drug-likeness (QED) is 0.0945. The number of esters is 1. The van der Waals surface area contributed by atoms with E-state index in [0.717, 1.165) is 11.1 Å². The van der Waals surface area contributed by atoms with Gasteiger partial charge in [0, 0.05) is 36.2 Å². The number of hydrogen-bond acceptors (Lipinski definition) is 10. The van der Waals surface area contributed by atoms with Gasteiger partial charge in [0.2, 0.25) is 0 Å². The van der Waals surface area contributed by atoms with E-state index in [1.807, 2.05) is 0 Å². The molecule has 1 unspecified atom stereocenters. The lowest BCUT2D eigenvalue weighted by Crippen LogP contribution is -2.26. The number of nitro benzene ring substituents is 2. The Kier molecular flexibility index (Phi) is 10.2. The minimum atomic E-state index is -4.33. The minimum Gasteiger partial charge on any atom is -0.465 e. The van der Waals surface area contributed by atoms with Gasteiger partial charge in [-0.3, -0.25) is 34.9 Å². The molecule has 0 amide bonds. The van der Waals surface area contributed by atoms with E-state index in [0.29, 0.717) is 17.5 Å². The van der Waals surface area contributed by atoms with Gasteiger partial charge in [-0.2, -0.15) is 0 Å². The highest BCUT2D eigenvalue weighted by Gasteiger charge is 2.23. The van der Waals surface area contributed by atoms with Crippen LogP contribution in [0.2, 0.25) is 0 Å². The number of benzene rings is 3. The lowest BCUT2D eigenvalue weighted by Gasteiger charge is -2.17. The molecule has 0 aliphatic heterocycles. The van der Waals surface area contributed by atoms with Crippen LogP contribution >= 0.6 is 7.60 Å². The molecule has 14 heteroatoms. The van der Waals surface area contributed by atoms with Crippen molar-refractivity contribution in [2.24, 2.45) is 0 Å². The monoisotopic (exact) mass is 559 g/mol. The third-order valence-electron chi connectivity index (χ3n) is 5.43. The Hall–Kier alpha value is -4.16. The van der Waals surface area contributed by atoms with E-state index in [1.54, 1.807) is 43.3 Å². The van der Waals surface area contributed by atoms with Gasteiger partial charge in [0.25, 0.3) is 11.4 Å². The van der Waals surface area contributed by atoms with Crippen LogP contribution in [0.25, 0.3) is 0 Å². The molecule has 0 saturated carbocycles. The summed E-state index contributed by atoms with van der Waals surface area (Å²) in [7, 11) is -4.33. The van der Waals surface area contributed by atoms with Crippen molar-refractivity contribution < 1.29 is 38.4 Å². The molecular formula is C25H26N3O10P. The fourth-order valence-corrected chi connectivity index (χ4v) is 4.23. The second-order valence-electron chi connectivity index (χ2n) is 8.28. The normalized spacial score (nSPS) is 12.4. The number of nitro groups is 2. The maximum Gasteiger partial charge on any atom is 0.379 e. The summed E-state index contributed by atoms with van der Waals surface area (Å²) >= 11 is 0. The summed E-state index contributed by atoms with van der Waals surface area (Å²) in [6, 6.07) is 16.9. The number of carbonyl (C=O) groups is 1. The summed E-state index contributed by atoms with van der Waals surface area (Å²) in [6.45, 7) is 1.51. The molecule has 3 aromatic rings. The molecule has 1 atom stereocenters. The standard InChI is InChI=1S/C25H26N3O10P/c1-2-36-25(29)16-26-17-39(34,35)38-37-24-5-3-4-20(14-18-6-10-21(11-7-18)27(30)31)23(24)15-19-8-12-22(13-9-19)28(32)33/h3-13,26H,2,14-17H2,1H3,(H,34,35). The number of nitrogens with zero attached hydrogens (tertiary/aromatic N) is 2. The van der Waals surface area contributed by atoms with E-state index in [2.05, 4.69) is 5.32 Å². The van der Waals surface area contributed by atoms with Crippen LogP contribution in [0.5, 0.6) is 5.75 Å². The van der Waals surface area contributed by atoms with Gasteiger partial charge < -0.3 is 14.5 Å². The van der Waals surface area contributed by atoms with Crippen LogP contribution < -0.4 is 10.2 Å². The number of hydrogen-bond donors (Lipinski definition) is 2. The van der Waals surface area contributed by atoms with E-state index in [-0.39, 0.29) is 36.7 Å². The zero-order valence-electron chi connectivity index (χ0n) is 20.8. The van der Waals surface area contributed by atoms with Gasteiger partial charge in [-0.1, -0.05) is 41.1 Å². The lowest BCUT2D eigenvalue weighted by atomic mass is 9.94. The molecule has 39 heavy (non-hydrogen) atoms. The zero-order chi connectivity index (χ0) is 28.4. The maximum atomic E-state index is 12.4. The number of nitrogens with one attached hydrogen (secondary N) is 1. The summed E-state index contributed by atoms with van der Waals surface area (Å²) in [4.78, 5) is 47.9. The maximum absolute atomic E-state index is 12.4. The van der Waals surface area contributed by atoms with Crippen molar-refractivity contribution in [3.8, 4) is 5.75 Å². The predicted octanol–water partition coefficient (Wildman–Crippen LogP) is 4.29. The van der Waals surface area contributed by atoms with Crippen LogP contribution in [-0.4, -0.2) is 40.1 Å². The molecular weight excluding hydrogens is 533 g/mol. The van der Waals surface area contributed by atoms with Crippen LogP contribution in [-0.2, 0) is 31.6 Å². The smallest absolute Gasteiger partial charge is 0.379 e. The summed E-state index contributed by atoms with van der Waals surface area (Å²) in [5.41, 5.74) is 2.64. The van der Waals surface area contributed by atoms with E-state index in [1.165, 1.54) is 30.3 Å². The van der Waals surface area contributed by atoms with Crippen molar-refractivity contribution in [1.29, 1.82) is 0 Å². The summed E-state index contributed by atoms with van der Waals surface area (Å²) in [6.07, 6.45) is -0.00193. The molecule has 0 bridgehead atoms. The van der Waals surface area contributed by atoms with Gasteiger partial charge in [0.1, 0.15) is 6.29 Å². The lowest BCUT2D eigenvalue weighted by molar-refractivity contribution is -0.385. The summed E-state index contributed by atoms with van der Waals surface area (Å²) in [5.74, 6) is -0.463. The topological polar surface area (TPSA) is 180 Å². The molecule has 0 fully saturated rings. The zero-order valence-corrected chi connectivity index (χ0v) is 21.7. The van der Waals surface area contributed by atoms with Crippen LogP contribution in [0.4, 0.5) is 11.4 Å². The highest BCUT2D eigenvalue weighted by Crippen LogP contribution is 2.42. The SMILES string of the molecule is CCOC(=O)CNCP(=O)(O)OOc1cccc(Cc2ccc([N+](=O)[O-])cc2)c1Cc1ccc([N+](=O)[O-])cc1. The third-order valence-corrected chi connectivity index (χ3v) is 6.36. The first kappa shape index (κ1) is 29.4. The highest BCUT2D eigenvalue weighted by atomic mass is 31.2. The third kappa shape index (κ3) is 8.97. The first-order valence-electron chi connectivity index (χ1n) is 11.7. The number of carbonyl (C=O) groups excluding carboxylic acids is 1. The van der Waals surface area contributed by atoms with Crippen molar-refractivity contribution in [2.75, 3.05) is 19.4 Å². The van der Waals surface area contributed by atoms with Gasteiger partial charge >= 0.3 is 13.6 Å². The number of rotatable bonds is 14. The fraction of sp³-hybridized carbons (Fsp3) is 0.240. The van der Waals surface area contributed by atoms with Crippen LogP contribution in [0, 0.1) is 20.2 Å². The number of non-ortho nitro benzene ring substituents is 2. The van der Waals surface area contributed by atoms with Crippen molar-refractivity contribution in [1.82, 2.24) is 5.32 Å². The Balaban J connectivity index is 1.83. The van der Waals surface area contributed by atoms with Gasteiger partial charge in [0.15, 0.2) is 5.75 Å². The fourth-order valence-electron chi connectivity index (χ4n) is 3.59. The van der Waals surface area contributed by atoms with Crippen molar-refractivity contribution in [3.05, 3.63) is 109 Å². The van der Waals surface area contributed by atoms with Crippen molar-refractivity contribution >= 4 is 24.9 Å².